The number of amides is 2. The second-order valence-electron chi connectivity index (χ2n) is 7.88. The highest BCUT2D eigenvalue weighted by Crippen LogP contribution is 2.26. The first-order chi connectivity index (χ1) is 17.0. The van der Waals surface area contributed by atoms with Crippen LogP contribution in [0.15, 0.2) is 23.6 Å². The van der Waals surface area contributed by atoms with Gasteiger partial charge in [-0.05, 0) is 11.4 Å². The van der Waals surface area contributed by atoms with Gasteiger partial charge in [0.05, 0.1) is 26.1 Å². The second kappa shape index (κ2) is 11.9. The highest BCUT2D eigenvalue weighted by molar-refractivity contribution is 7.09. The maximum Gasteiger partial charge on any atom is 0.305 e. The fourth-order valence-electron chi connectivity index (χ4n) is 3.43. The summed E-state index contributed by atoms with van der Waals surface area (Å²) in [6.07, 6.45) is -0.885. The van der Waals surface area contributed by atoms with E-state index in [9.17, 15) is 36.7 Å². The number of carbonyl (C=O) groups excluding carboxylic acids is 3. The van der Waals surface area contributed by atoms with Crippen LogP contribution in [0.5, 0.6) is 5.75 Å². The number of ketones is 1. The third kappa shape index (κ3) is 7.01. The van der Waals surface area contributed by atoms with E-state index in [0.717, 1.165) is 4.88 Å². The number of thiophene rings is 1. The number of hydrogen-bond donors (Lipinski definition) is 2. The van der Waals surface area contributed by atoms with E-state index >= 15 is 0 Å². The minimum absolute atomic E-state index is 0.0421. The number of carboxylic acid groups (broad SMARTS) is 1. The van der Waals surface area contributed by atoms with Crippen molar-refractivity contribution in [2.45, 2.75) is 19.0 Å². The van der Waals surface area contributed by atoms with E-state index in [-0.39, 0.29) is 25.1 Å². The molecule has 9 nitrogen and oxygen atoms in total. The Morgan fingerprint density at radius 2 is 1.83 bits per heavy atom. The summed E-state index contributed by atoms with van der Waals surface area (Å²) in [6, 6.07) is 2.07. The Kier molecular flexibility index (Phi) is 8.98. The van der Waals surface area contributed by atoms with Gasteiger partial charge in [-0.15, -0.1) is 11.3 Å². The van der Waals surface area contributed by atoms with E-state index < -0.39 is 65.7 Å². The van der Waals surface area contributed by atoms with Gasteiger partial charge >= 0.3 is 5.97 Å². The van der Waals surface area contributed by atoms with E-state index in [4.69, 9.17) is 5.11 Å². The van der Waals surface area contributed by atoms with Crippen molar-refractivity contribution in [3.05, 3.63) is 51.7 Å². The summed E-state index contributed by atoms with van der Waals surface area (Å²) in [7, 11) is 0. The molecule has 2 amide bonds. The predicted molar refractivity (Wildman–Crippen MR) is 117 cm³/mol. The van der Waals surface area contributed by atoms with Gasteiger partial charge in [-0.25, -0.2) is 8.78 Å². The first kappa shape index (κ1) is 27.1. The summed E-state index contributed by atoms with van der Waals surface area (Å²) in [5.41, 5.74) is 0. The van der Waals surface area contributed by atoms with E-state index in [2.05, 4.69) is 10.1 Å². The number of carbonyl (C=O) groups is 4. The van der Waals surface area contributed by atoms with Crippen molar-refractivity contribution >= 4 is 34.9 Å². The van der Waals surface area contributed by atoms with Crippen molar-refractivity contribution in [3.8, 4) is 5.75 Å². The Labute approximate surface area is 206 Å². The molecular weight excluding hydrogens is 510 g/mol. The quantitative estimate of drug-likeness (QED) is 0.334. The van der Waals surface area contributed by atoms with Crippen LogP contribution in [0.3, 0.4) is 0 Å². The summed E-state index contributed by atoms with van der Waals surface area (Å²) in [4.78, 5) is 52.6. The van der Waals surface area contributed by atoms with Crippen LogP contribution in [0.2, 0.25) is 0 Å². The van der Waals surface area contributed by atoms with Gasteiger partial charge in [0.2, 0.25) is 23.4 Å². The third-order valence-electron chi connectivity index (χ3n) is 5.22. The lowest BCUT2D eigenvalue weighted by atomic mass is 10.1. The summed E-state index contributed by atoms with van der Waals surface area (Å²) >= 11 is 1.51. The lowest BCUT2D eigenvalue weighted by Gasteiger charge is -2.33. The highest BCUT2D eigenvalue weighted by Gasteiger charge is 2.29. The third-order valence-corrected chi connectivity index (χ3v) is 6.09. The number of ether oxygens (including phenoxy) is 1. The largest absolute Gasteiger partial charge is 0.481 e. The van der Waals surface area contributed by atoms with Crippen molar-refractivity contribution in [1.29, 1.82) is 0 Å². The molecule has 14 heteroatoms. The van der Waals surface area contributed by atoms with E-state index in [0.29, 0.717) is 19.6 Å². The van der Waals surface area contributed by atoms with Crippen molar-refractivity contribution < 1.29 is 46.6 Å². The lowest BCUT2D eigenvalue weighted by molar-refractivity contribution is -0.140. The van der Waals surface area contributed by atoms with Gasteiger partial charge in [0.1, 0.15) is 12.6 Å². The number of piperazine rings is 1. The van der Waals surface area contributed by atoms with E-state index in [1.165, 1.54) is 16.2 Å². The zero-order valence-electron chi connectivity index (χ0n) is 18.6. The SMILES string of the molecule is O=C(O)C[C@H](NC(=O)CN1CCN(Cc2cccs2)C(=O)C1)C(=O)COc1c(F)c(F)cc(F)c1F. The number of nitrogens with one attached hydrogen (secondary N) is 1. The molecule has 1 aliphatic rings. The molecule has 0 saturated carbocycles. The van der Waals surface area contributed by atoms with Gasteiger partial charge < -0.3 is 20.1 Å². The Morgan fingerprint density at radius 1 is 1.14 bits per heavy atom. The van der Waals surface area contributed by atoms with Gasteiger partial charge in [0, 0.05) is 24.0 Å². The van der Waals surface area contributed by atoms with Crippen molar-refractivity contribution in [2.24, 2.45) is 0 Å². The van der Waals surface area contributed by atoms with Gasteiger partial charge in [0.25, 0.3) is 0 Å². The molecule has 2 heterocycles. The maximum absolute atomic E-state index is 13.7. The molecule has 1 atom stereocenters. The van der Waals surface area contributed by atoms with Gasteiger partial charge in [-0.3, -0.25) is 24.1 Å². The topological polar surface area (TPSA) is 116 Å². The molecule has 0 unspecified atom stereocenters. The van der Waals surface area contributed by atoms with E-state index in [1.54, 1.807) is 4.90 Å². The monoisotopic (exact) mass is 531 g/mol. The smallest absolute Gasteiger partial charge is 0.305 e. The Balaban J connectivity index is 1.56. The molecule has 0 bridgehead atoms. The average molecular weight is 531 g/mol. The zero-order valence-corrected chi connectivity index (χ0v) is 19.5. The fraction of sp³-hybridized carbons (Fsp3) is 0.364. The average Bonchev–Trinajstić information content (AvgIpc) is 3.32. The summed E-state index contributed by atoms with van der Waals surface area (Å²) in [5.74, 6) is -12.3. The molecule has 1 aromatic carbocycles. The fourth-order valence-corrected chi connectivity index (χ4v) is 4.15. The van der Waals surface area contributed by atoms with Crippen LogP contribution in [0.4, 0.5) is 17.6 Å². The Hall–Kier alpha value is -3.52. The van der Waals surface area contributed by atoms with Crippen molar-refractivity contribution in [2.75, 3.05) is 32.8 Å². The molecule has 0 radical (unpaired) electrons. The number of Topliss-reactive ketones (excluding diaryl/α,β-unsaturated/α-hetero) is 1. The highest BCUT2D eigenvalue weighted by atomic mass is 32.1. The number of nitrogens with zero attached hydrogens (tertiary/aromatic N) is 2. The molecule has 1 aromatic heterocycles. The first-order valence-electron chi connectivity index (χ1n) is 10.6. The number of rotatable bonds is 11. The van der Waals surface area contributed by atoms with Crippen LogP contribution in [-0.4, -0.2) is 77.3 Å². The Morgan fingerprint density at radius 3 is 2.42 bits per heavy atom. The van der Waals surface area contributed by atoms with Gasteiger partial charge in [-0.1, -0.05) is 6.07 Å². The van der Waals surface area contributed by atoms with Crippen LogP contribution in [0, 0.1) is 23.3 Å². The van der Waals surface area contributed by atoms with Crippen LogP contribution in [0.25, 0.3) is 0 Å². The maximum atomic E-state index is 13.7. The van der Waals surface area contributed by atoms with Crippen LogP contribution >= 0.6 is 11.3 Å². The number of halogens is 4. The molecule has 0 spiro atoms. The van der Waals surface area contributed by atoms with Crippen LogP contribution < -0.4 is 10.1 Å². The molecule has 194 valence electrons. The summed E-state index contributed by atoms with van der Waals surface area (Å²) in [5, 5.41) is 13.1. The minimum atomic E-state index is -1.87. The normalized spacial score (nSPS) is 15.0. The Bertz CT molecular complexity index is 1120. The predicted octanol–water partition coefficient (Wildman–Crippen LogP) is 1.56. The molecule has 1 fully saturated rings. The van der Waals surface area contributed by atoms with E-state index in [1.807, 2.05) is 17.5 Å². The van der Waals surface area contributed by atoms with Gasteiger partial charge in [-0.2, -0.15) is 8.78 Å². The number of hydrogen-bond acceptors (Lipinski definition) is 7. The number of carboxylic acids is 1. The molecule has 2 N–H and O–H groups in total. The molecule has 1 saturated heterocycles. The molecule has 36 heavy (non-hydrogen) atoms. The molecular formula is C22H21F4N3O6S. The lowest BCUT2D eigenvalue weighted by Crippen LogP contribution is -2.54. The molecule has 2 aromatic rings. The summed E-state index contributed by atoms with van der Waals surface area (Å²) < 4.78 is 58.6. The van der Waals surface area contributed by atoms with Crippen LogP contribution in [-0.2, 0) is 25.7 Å². The van der Waals surface area contributed by atoms with Crippen molar-refractivity contribution in [3.63, 3.8) is 0 Å². The summed E-state index contributed by atoms with van der Waals surface area (Å²) in [6.45, 7) is -0.396. The van der Waals surface area contributed by atoms with Crippen LogP contribution in [0.1, 0.15) is 11.3 Å². The molecule has 1 aliphatic heterocycles. The minimum Gasteiger partial charge on any atom is -0.481 e. The second-order valence-corrected chi connectivity index (χ2v) is 8.91. The molecule has 3 rings (SSSR count). The van der Waals surface area contributed by atoms with Crippen molar-refractivity contribution in [1.82, 2.24) is 15.1 Å². The molecule has 0 aliphatic carbocycles. The number of benzene rings is 1. The zero-order chi connectivity index (χ0) is 26.4. The van der Waals surface area contributed by atoms with Gasteiger partial charge in [0.15, 0.2) is 23.2 Å². The number of aliphatic carboxylic acids is 1. The first-order valence-corrected chi connectivity index (χ1v) is 11.4. The standard InChI is InChI=1S/C22H21F4N3O6S/c23-13-6-14(24)21(26)22(20(13)25)35-11-16(30)15(7-19(33)34)27-17(31)9-28-3-4-29(18(32)10-28)8-12-2-1-5-36-12/h1-2,5-6,15H,3-4,7-11H2,(H,27,31)(H,33,34)/t15-/m0/s1.